The lowest BCUT2D eigenvalue weighted by Crippen LogP contribution is -2.12. The topological polar surface area (TPSA) is 0 Å². The molecule has 2 rings (SSSR count). The average Bonchev–Trinajstić information content (AvgIpc) is 2.43. The van der Waals surface area contributed by atoms with Crippen LogP contribution in [0.3, 0.4) is 0 Å². The van der Waals surface area contributed by atoms with E-state index in [4.69, 9.17) is 0 Å². The molecule has 0 heteroatoms. The van der Waals surface area contributed by atoms with E-state index in [0.717, 1.165) is 0 Å². The highest BCUT2D eigenvalue weighted by Crippen LogP contribution is 2.29. The van der Waals surface area contributed by atoms with E-state index in [1.807, 2.05) is 0 Å². The van der Waals surface area contributed by atoms with Crippen LogP contribution >= 0.6 is 0 Å². The van der Waals surface area contributed by atoms with Crippen LogP contribution in [-0.2, 0) is 6.42 Å². The molecule has 0 bridgehead atoms. The fourth-order valence-electron chi connectivity index (χ4n) is 2.66. The predicted octanol–water partition coefficient (Wildman–Crippen LogP) is 5.99. The molecule has 0 fully saturated rings. The molecule has 0 saturated heterocycles. The molecule has 0 N–H and O–H groups in total. The van der Waals surface area contributed by atoms with Gasteiger partial charge in [0.05, 0.1) is 0 Å². The second-order valence-corrected chi connectivity index (χ2v) is 6.45. The van der Waals surface area contributed by atoms with Gasteiger partial charge in [0, 0.05) is 0 Å². The van der Waals surface area contributed by atoms with Crippen LogP contribution in [0.25, 0.3) is 10.8 Å². The van der Waals surface area contributed by atoms with Crippen molar-refractivity contribution >= 4 is 10.8 Å². The second-order valence-electron chi connectivity index (χ2n) is 6.45. The first-order valence-electron chi connectivity index (χ1n) is 7.58. The Labute approximate surface area is 117 Å². The molecule has 0 spiro atoms. The van der Waals surface area contributed by atoms with E-state index in [1.54, 1.807) is 0 Å². The summed E-state index contributed by atoms with van der Waals surface area (Å²) >= 11 is 0. The molecule has 0 unspecified atom stereocenters. The smallest absolute Gasteiger partial charge is 0.0181 e. The quantitative estimate of drug-likeness (QED) is 0.594. The second kappa shape index (κ2) is 6.23. The normalized spacial score (nSPS) is 11.9. The van der Waals surface area contributed by atoms with E-state index >= 15 is 0 Å². The molecule has 0 saturated carbocycles. The Morgan fingerprint density at radius 2 is 1.63 bits per heavy atom. The Morgan fingerprint density at radius 1 is 0.895 bits per heavy atom. The number of unbranched alkanes of at least 4 members (excludes halogenated alkanes) is 1. The molecule has 0 atom stereocenters. The van der Waals surface area contributed by atoms with Crippen molar-refractivity contribution in [2.24, 2.45) is 5.41 Å². The SMILES string of the molecule is CCCCC(C)(C)CCc1ccc2ccccc2c1. The summed E-state index contributed by atoms with van der Waals surface area (Å²) in [4.78, 5) is 0. The minimum atomic E-state index is 0.474. The van der Waals surface area contributed by atoms with Crippen LogP contribution in [0.2, 0.25) is 0 Å². The summed E-state index contributed by atoms with van der Waals surface area (Å²) in [6.45, 7) is 7.09. The lowest BCUT2D eigenvalue weighted by molar-refractivity contribution is 0.298. The van der Waals surface area contributed by atoms with Gasteiger partial charge in [-0.05, 0) is 41.0 Å². The summed E-state index contributed by atoms with van der Waals surface area (Å²) in [5, 5.41) is 2.71. The maximum Gasteiger partial charge on any atom is -0.0181 e. The van der Waals surface area contributed by atoms with E-state index in [-0.39, 0.29) is 0 Å². The molecule has 0 aliphatic rings. The van der Waals surface area contributed by atoms with Gasteiger partial charge in [0.25, 0.3) is 0 Å². The summed E-state index contributed by atoms with van der Waals surface area (Å²) in [7, 11) is 0. The lowest BCUT2D eigenvalue weighted by atomic mass is 9.81. The van der Waals surface area contributed by atoms with E-state index in [0.29, 0.717) is 5.41 Å². The van der Waals surface area contributed by atoms with Crippen molar-refractivity contribution in [1.29, 1.82) is 0 Å². The van der Waals surface area contributed by atoms with Crippen LogP contribution in [0.1, 0.15) is 52.0 Å². The van der Waals surface area contributed by atoms with Crippen molar-refractivity contribution in [3.63, 3.8) is 0 Å². The number of hydrogen-bond donors (Lipinski definition) is 0. The third kappa shape index (κ3) is 4.09. The minimum Gasteiger partial charge on any atom is -0.0654 e. The largest absolute Gasteiger partial charge is 0.0654 e. The zero-order valence-corrected chi connectivity index (χ0v) is 12.6. The van der Waals surface area contributed by atoms with Gasteiger partial charge in [-0.3, -0.25) is 0 Å². The van der Waals surface area contributed by atoms with Gasteiger partial charge in [-0.1, -0.05) is 76.1 Å². The van der Waals surface area contributed by atoms with Gasteiger partial charge in [0.15, 0.2) is 0 Å². The molecule has 0 radical (unpaired) electrons. The fraction of sp³-hybridized carbons (Fsp3) is 0.474. The Bertz CT molecular complexity index is 522. The summed E-state index contributed by atoms with van der Waals surface area (Å²) < 4.78 is 0. The first-order chi connectivity index (χ1) is 9.11. The zero-order valence-electron chi connectivity index (χ0n) is 12.6. The number of fused-ring (bicyclic) bond motifs is 1. The fourth-order valence-corrected chi connectivity index (χ4v) is 2.66. The van der Waals surface area contributed by atoms with Crippen LogP contribution in [0.4, 0.5) is 0 Å². The van der Waals surface area contributed by atoms with E-state index < -0.39 is 0 Å². The van der Waals surface area contributed by atoms with Gasteiger partial charge in [0.1, 0.15) is 0 Å². The van der Waals surface area contributed by atoms with E-state index in [2.05, 4.69) is 63.2 Å². The van der Waals surface area contributed by atoms with Gasteiger partial charge in [-0.15, -0.1) is 0 Å². The van der Waals surface area contributed by atoms with Crippen molar-refractivity contribution in [2.45, 2.75) is 52.9 Å². The van der Waals surface area contributed by atoms with Crippen LogP contribution in [0.5, 0.6) is 0 Å². The molecule has 2 aromatic carbocycles. The molecular weight excluding hydrogens is 228 g/mol. The molecule has 0 heterocycles. The third-order valence-corrected chi connectivity index (χ3v) is 4.11. The molecular formula is C19H26. The third-order valence-electron chi connectivity index (χ3n) is 4.11. The van der Waals surface area contributed by atoms with Gasteiger partial charge in [-0.2, -0.15) is 0 Å². The highest BCUT2D eigenvalue weighted by atomic mass is 14.2. The van der Waals surface area contributed by atoms with Crippen molar-refractivity contribution in [2.75, 3.05) is 0 Å². The van der Waals surface area contributed by atoms with Crippen LogP contribution in [0.15, 0.2) is 42.5 Å². The number of hydrogen-bond acceptors (Lipinski definition) is 0. The van der Waals surface area contributed by atoms with Crippen molar-refractivity contribution in [3.8, 4) is 0 Å². The summed E-state index contributed by atoms with van der Waals surface area (Å²) in [5.41, 5.74) is 1.95. The number of aryl methyl sites for hydroxylation is 1. The summed E-state index contributed by atoms with van der Waals surface area (Å²) in [6, 6.07) is 15.5. The molecule has 0 aliphatic carbocycles. The molecule has 102 valence electrons. The van der Waals surface area contributed by atoms with E-state index in [1.165, 1.54) is 48.4 Å². The maximum atomic E-state index is 2.41. The van der Waals surface area contributed by atoms with Gasteiger partial charge in [0.2, 0.25) is 0 Å². The number of rotatable bonds is 6. The lowest BCUT2D eigenvalue weighted by Gasteiger charge is -2.24. The number of benzene rings is 2. The molecule has 19 heavy (non-hydrogen) atoms. The Balaban J connectivity index is 2.01. The van der Waals surface area contributed by atoms with E-state index in [9.17, 15) is 0 Å². The van der Waals surface area contributed by atoms with Gasteiger partial charge in [-0.25, -0.2) is 0 Å². The Hall–Kier alpha value is -1.30. The molecule has 0 aromatic heterocycles. The highest BCUT2D eigenvalue weighted by Gasteiger charge is 2.16. The van der Waals surface area contributed by atoms with Crippen LogP contribution in [-0.4, -0.2) is 0 Å². The Morgan fingerprint density at radius 3 is 2.37 bits per heavy atom. The Kier molecular flexibility index (Phi) is 4.63. The van der Waals surface area contributed by atoms with Gasteiger partial charge < -0.3 is 0 Å². The van der Waals surface area contributed by atoms with Crippen molar-refractivity contribution < 1.29 is 0 Å². The van der Waals surface area contributed by atoms with Crippen LogP contribution in [0, 0.1) is 5.41 Å². The highest BCUT2D eigenvalue weighted by molar-refractivity contribution is 5.82. The maximum absolute atomic E-state index is 2.41. The van der Waals surface area contributed by atoms with Crippen LogP contribution < -0.4 is 0 Å². The molecule has 2 aromatic rings. The predicted molar refractivity (Wildman–Crippen MR) is 85.6 cm³/mol. The average molecular weight is 254 g/mol. The molecule has 0 amide bonds. The van der Waals surface area contributed by atoms with Gasteiger partial charge >= 0.3 is 0 Å². The summed E-state index contributed by atoms with van der Waals surface area (Å²) in [6.07, 6.45) is 6.48. The van der Waals surface area contributed by atoms with Crippen molar-refractivity contribution in [3.05, 3.63) is 48.0 Å². The minimum absolute atomic E-state index is 0.474. The monoisotopic (exact) mass is 254 g/mol. The molecule has 0 aliphatic heterocycles. The first-order valence-corrected chi connectivity index (χ1v) is 7.58. The zero-order chi connectivity index (χ0) is 13.7. The standard InChI is InChI=1S/C19H26/c1-4-5-13-19(2,3)14-12-16-10-11-17-8-6-7-9-18(17)15-16/h6-11,15H,4-5,12-14H2,1-3H3. The molecule has 0 nitrogen and oxygen atoms in total. The van der Waals surface area contributed by atoms with Crippen molar-refractivity contribution in [1.82, 2.24) is 0 Å². The summed E-state index contributed by atoms with van der Waals surface area (Å²) in [5.74, 6) is 0. The first kappa shape index (κ1) is 14.1.